The molecule has 3 aliphatic carbocycles. The molecule has 0 heterocycles. The molecule has 2 heteroatoms. The molecule has 0 aliphatic heterocycles. The van der Waals surface area contributed by atoms with E-state index in [0.29, 0.717) is 11.5 Å². The lowest BCUT2D eigenvalue weighted by molar-refractivity contribution is -0.175. The lowest BCUT2D eigenvalue weighted by atomic mass is 9.51. The van der Waals surface area contributed by atoms with Gasteiger partial charge in [0.05, 0.1) is 6.10 Å². The molecule has 0 radical (unpaired) electrons. The summed E-state index contributed by atoms with van der Waals surface area (Å²) >= 11 is 0. The molecule has 3 aliphatic rings. The molecule has 1 N–H and O–H groups in total. The molecule has 0 saturated heterocycles. The molecule has 0 aromatic rings. The number of nitrogens with one attached hydrogen (secondary N) is 1. The fourth-order valence-corrected chi connectivity index (χ4v) is 4.58. The lowest BCUT2D eigenvalue weighted by Gasteiger charge is -2.62. The van der Waals surface area contributed by atoms with Crippen molar-refractivity contribution in [2.45, 2.75) is 95.7 Å². The maximum atomic E-state index is 5.96. The van der Waals surface area contributed by atoms with Crippen LogP contribution >= 0.6 is 0 Å². The third kappa shape index (κ3) is 2.71. The van der Waals surface area contributed by atoms with E-state index < -0.39 is 0 Å². The standard InChI is InChI=1S/C17H31NO/c1-2-19-16-13-15(17(16)11-8-12-17)18-14-9-6-4-3-5-7-10-14/h14-16,18H,2-13H2,1H3. The quantitative estimate of drug-likeness (QED) is 0.828. The van der Waals surface area contributed by atoms with Gasteiger partial charge in [0.15, 0.2) is 0 Å². The van der Waals surface area contributed by atoms with Crippen LogP contribution in [0.25, 0.3) is 0 Å². The number of hydrogen-bond acceptors (Lipinski definition) is 2. The number of rotatable bonds is 4. The van der Waals surface area contributed by atoms with Gasteiger partial charge in [-0.2, -0.15) is 0 Å². The van der Waals surface area contributed by atoms with E-state index in [0.717, 1.165) is 18.7 Å². The van der Waals surface area contributed by atoms with Gasteiger partial charge in [-0.3, -0.25) is 0 Å². The summed E-state index contributed by atoms with van der Waals surface area (Å²) in [6.07, 6.45) is 16.1. The van der Waals surface area contributed by atoms with Crippen LogP contribution in [0.4, 0.5) is 0 Å². The zero-order chi connectivity index (χ0) is 13.1. The van der Waals surface area contributed by atoms with Gasteiger partial charge in [0.2, 0.25) is 0 Å². The predicted molar refractivity (Wildman–Crippen MR) is 79.3 cm³/mol. The predicted octanol–water partition coefficient (Wildman–Crippen LogP) is 4.04. The van der Waals surface area contributed by atoms with E-state index >= 15 is 0 Å². The van der Waals surface area contributed by atoms with Crippen LogP contribution in [0, 0.1) is 5.41 Å². The Morgan fingerprint density at radius 2 is 1.68 bits per heavy atom. The average Bonchev–Trinajstić information content (AvgIpc) is 2.27. The van der Waals surface area contributed by atoms with Crippen LogP contribution in [0.15, 0.2) is 0 Å². The number of hydrogen-bond donors (Lipinski definition) is 1. The van der Waals surface area contributed by atoms with Crippen molar-refractivity contribution in [3.63, 3.8) is 0 Å². The van der Waals surface area contributed by atoms with Crippen molar-refractivity contribution in [2.24, 2.45) is 5.41 Å². The van der Waals surface area contributed by atoms with E-state index in [9.17, 15) is 0 Å². The van der Waals surface area contributed by atoms with Gasteiger partial charge in [0, 0.05) is 24.1 Å². The molecular formula is C17H31NO. The van der Waals surface area contributed by atoms with Crippen molar-refractivity contribution in [3.8, 4) is 0 Å². The second-order valence-electron chi connectivity index (χ2n) is 7.03. The maximum absolute atomic E-state index is 5.96. The molecule has 2 nitrogen and oxygen atoms in total. The van der Waals surface area contributed by atoms with Crippen LogP contribution in [0.1, 0.15) is 77.6 Å². The minimum absolute atomic E-state index is 0.540. The van der Waals surface area contributed by atoms with Crippen LogP contribution in [0.2, 0.25) is 0 Å². The highest BCUT2D eigenvalue weighted by atomic mass is 16.5. The first kappa shape index (κ1) is 13.9. The van der Waals surface area contributed by atoms with Crippen molar-refractivity contribution < 1.29 is 4.74 Å². The summed E-state index contributed by atoms with van der Waals surface area (Å²) in [5.41, 5.74) is 0.540. The SMILES string of the molecule is CCOC1CC(NC2CCCCCCC2)C12CCC2. The Labute approximate surface area is 118 Å². The Kier molecular flexibility index (Phi) is 4.48. The highest BCUT2D eigenvalue weighted by Gasteiger charge is 2.58. The van der Waals surface area contributed by atoms with Crippen molar-refractivity contribution in [3.05, 3.63) is 0 Å². The van der Waals surface area contributed by atoms with Crippen LogP contribution in [0.5, 0.6) is 0 Å². The largest absolute Gasteiger partial charge is 0.378 e. The van der Waals surface area contributed by atoms with Crippen molar-refractivity contribution in [1.82, 2.24) is 5.32 Å². The second kappa shape index (κ2) is 6.13. The van der Waals surface area contributed by atoms with Crippen LogP contribution < -0.4 is 5.32 Å². The van der Waals surface area contributed by atoms with Gasteiger partial charge in [-0.25, -0.2) is 0 Å². The van der Waals surface area contributed by atoms with Crippen LogP contribution in [-0.2, 0) is 4.74 Å². The molecule has 1 spiro atoms. The van der Waals surface area contributed by atoms with Crippen LogP contribution in [-0.4, -0.2) is 24.8 Å². The summed E-state index contributed by atoms with van der Waals surface area (Å²) in [4.78, 5) is 0. The number of ether oxygens (including phenoxy) is 1. The molecule has 0 amide bonds. The molecule has 0 aromatic heterocycles. The van der Waals surface area contributed by atoms with Crippen molar-refractivity contribution in [1.29, 1.82) is 0 Å². The van der Waals surface area contributed by atoms with E-state index in [1.165, 1.54) is 70.6 Å². The molecule has 0 aromatic carbocycles. The van der Waals surface area contributed by atoms with Crippen molar-refractivity contribution in [2.75, 3.05) is 6.61 Å². The van der Waals surface area contributed by atoms with E-state index in [4.69, 9.17) is 4.74 Å². The monoisotopic (exact) mass is 265 g/mol. The third-order valence-electron chi connectivity index (χ3n) is 5.98. The van der Waals surface area contributed by atoms with E-state index in [1.807, 2.05) is 0 Å². The van der Waals surface area contributed by atoms with Gasteiger partial charge in [0.1, 0.15) is 0 Å². The summed E-state index contributed by atoms with van der Waals surface area (Å²) in [6, 6.07) is 1.56. The maximum Gasteiger partial charge on any atom is 0.0661 e. The third-order valence-corrected chi connectivity index (χ3v) is 5.98. The Morgan fingerprint density at radius 1 is 1.00 bits per heavy atom. The first-order chi connectivity index (χ1) is 9.35. The molecular weight excluding hydrogens is 234 g/mol. The van der Waals surface area contributed by atoms with Crippen LogP contribution in [0.3, 0.4) is 0 Å². The van der Waals surface area contributed by atoms with Gasteiger partial charge in [-0.15, -0.1) is 0 Å². The van der Waals surface area contributed by atoms with Gasteiger partial charge >= 0.3 is 0 Å². The summed E-state index contributed by atoms with van der Waals surface area (Å²) in [7, 11) is 0. The highest BCUT2D eigenvalue weighted by Crippen LogP contribution is 2.57. The Morgan fingerprint density at radius 3 is 2.26 bits per heavy atom. The Hall–Kier alpha value is -0.0800. The normalized spacial score (nSPS) is 35.2. The van der Waals surface area contributed by atoms with Gasteiger partial charge in [-0.05, 0) is 39.0 Å². The Balaban J connectivity index is 1.52. The summed E-state index contributed by atoms with van der Waals surface area (Å²) in [6.45, 7) is 3.03. The minimum Gasteiger partial charge on any atom is -0.378 e. The first-order valence-electron chi connectivity index (χ1n) is 8.73. The van der Waals surface area contributed by atoms with E-state index in [-0.39, 0.29) is 0 Å². The summed E-state index contributed by atoms with van der Waals surface area (Å²) in [5, 5.41) is 4.02. The molecule has 110 valence electrons. The highest BCUT2D eigenvalue weighted by molar-refractivity contribution is 5.12. The average molecular weight is 265 g/mol. The van der Waals surface area contributed by atoms with E-state index in [2.05, 4.69) is 12.2 Å². The topological polar surface area (TPSA) is 21.3 Å². The Bertz CT molecular complexity index is 279. The fraction of sp³-hybridized carbons (Fsp3) is 1.00. The van der Waals surface area contributed by atoms with Gasteiger partial charge in [-0.1, -0.05) is 38.5 Å². The molecule has 0 bridgehead atoms. The fourth-order valence-electron chi connectivity index (χ4n) is 4.58. The molecule has 3 fully saturated rings. The molecule has 3 rings (SSSR count). The minimum atomic E-state index is 0.540. The molecule has 2 unspecified atom stereocenters. The van der Waals surface area contributed by atoms with Gasteiger partial charge in [0.25, 0.3) is 0 Å². The molecule has 2 atom stereocenters. The molecule has 3 saturated carbocycles. The van der Waals surface area contributed by atoms with E-state index in [1.54, 1.807) is 0 Å². The smallest absolute Gasteiger partial charge is 0.0661 e. The van der Waals surface area contributed by atoms with Gasteiger partial charge < -0.3 is 10.1 Å². The second-order valence-corrected chi connectivity index (χ2v) is 7.03. The summed E-state index contributed by atoms with van der Waals surface area (Å²) in [5.74, 6) is 0. The van der Waals surface area contributed by atoms with Crippen molar-refractivity contribution >= 4 is 0 Å². The molecule has 19 heavy (non-hydrogen) atoms. The lowest BCUT2D eigenvalue weighted by Crippen LogP contribution is -2.68. The zero-order valence-electron chi connectivity index (χ0n) is 12.6. The summed E-state index contributed by atoms with van der Waals surface area (Å²) < 4.78 is 5.96. The zero-order valence-corrected chi connectivity index (χ0v) is 12.6. The first-order valence-corrected chi connectivity index (χ1v) is 8.73.